The van der Waals surface area contributed by atoms with Gasteiger partial charge in [-0.15, -0.1) is 0 Å². The first-order valence-electron chi connectivity index (χ1n) is 13.2. The van der Waals surface area contributed by atoms with E-state index >= 15 is 0 Å². The second-order valence-corrected chi connectivity index (χ2v) is 10.2. The highest BCUT2D eigenvalue weighted by atomic mass is 32.1. The van der Waals surface area contributed by atoms with Crippen molar-refractivity contribution in [2.45, 2.75) is 26.1 Å². The van der Waals surface area contributed by atoms with E-state index in [1.165, 1.54) is 22.4 Å². The standard InChI is InChI=1S/C31H35N5OS/c1-23-7-6-10-29(24(23)2)35-17-15-34(16-18-35)21-31(37)32-20-27-19-30(26-13-11-25(22-38)12-14-26)36(33-27)28-8-4-3-5-9-28/h3-14,19,38H,15-18,20-22H2,1-2H3,(H,32,37). The smallest absolute Gasteiger partial charge is 0.234 e. The maximum absolute atomic E-state index is 12.8. The highest BCUT2D eigenvalue weighted by Crippen LogP contribution is 2.26. The first-order valence-corrected chi connectivity index (χ1v) is 13.8. The number of carbonyl (C=O) groups excluding carboxylic acids is 1. The second kappa shape index (κ2) is 11.9. The third-order valence-corrected chi connectivity index (χ3v) is 7.68. The van der Waals surface area contributed by atoms with Crippen LogP contribution in [-0.2, 0) is 17.1 Å². The lowest BCUT2D eigenvalue weighted by molar-refractivity contribution is -0.122. The van der Waals surface area contributed by atoms with Gasteiger partial charge in [0, 0.05) is 43.2 Å². The first-order chi connectivity index (χ1) is 18.5. The Morgan fingerprint density at radius 1 is 0.921 bits per heavy atom. The summed E-state index contributed by atoms with van der Waals surface area (Å²) >= 11 is 4.37. The number of carbonyl (C=O) groups is 1. The molecule has 7 heteroatoms. The molecule has 1 aliphatic rings. The minimum Gasteiger partial charge on any atom is -0.369 e. The molecule has 2 heterocycles. The minimum atomic E-state index is 0.0270. The van der Waals surface area contributed by atoms with Crippen LogP contribution in [0.15, 0.2) is 78.9 Å². The number of aryl methyl sites for hydroxylation is 1. The summed E-state index contributed by atoms with van der Waals surface area (Å²) in [4.78, 5) is 17.5. The molecule has 38 heavy (non-hydrogen) atoms. The number of para-hydroxylation sites is 1. The van der Waals surface area contributed by atoms with Gasteiger partial charge in [-0.05, 0) is 54.8 Å². The van der Waals surface area contributed by atoms with Crippen molar-refractivity contribution < 1.29 is 4.79 Å². The summed E-state index contributed by atoms with van der Waals surface area (Å²) < 4.78 is 1.95. The number of anilines is 1. The summed E-state index contributed by atoms with van der Waals surface area (Å²) in [6, 6.07) is 27.0. The van der Waals surface area contributed by atoms with Gasteiger partial charge in [0.25, 0.3) is 0 Å². The van der Waals surface area contributed by atoms with E-state index in [9.17, 15) is 4.79 Å². The SMILES string of the molecule is Cc1cccc(N2CCN(CC(=O)NCc3cc(-c4ccc(CS)cc4)n(-c4ccccc4)n3)CC2)c1C. The molecular weight excluding hydrogens is 490 g/mol. The summed E-state index contributed by atoms with van der Waals surface area (Å²) in [6.07, 6.45) is 0. The van der Waals surface area contributed by atoms with E-state index in [0.29, 0.717) is 18.8 Å². The number of rotatable bonds is 8. The Morgan fingerprint density at radius 3 is 2.37 bits per heavy atom. The number of hydrogen-bond donors (Lipinski definition) is 2. The van der Waals surface area contributed by atoms with E-state index in [0.717, 1.165) is 48.8 Å². The van der Waals surface area contributed by atoms with E-state index in [1.807, 2.05) is 35.0 Å². The predicted molar refractivity (Wildman–Crippen MR) is 158 cm³/mol. The molecule has 5 rings (SSSR count). The number of nitrogens with one attached hydrogen (secondary N) is 1. The molecule has 3 aromatic carbocycles. The van der Waals surface area contributed by atoms with Crippen molar-refractivity contribution in [2.75, 3.05) is 37.6 Å². The molecule has 0 radical (unpaired) electrons. The minimum absolute atomic E-state index is 0.0270. The zero-order valence-corrected chi connectivity index (χ0v) is 23.0. The van der Waals surface area contributed by atoms with Crippen molar-refractivity contribution in [2.24, 2.45) is 0 Å². The zero-order chi connectivity index (χ0) is 26.5. The molecule has 1 amide bonds. The van der Waals surface area contributed by atoms with Gasteiger partial charge in [-0.25, -0.2) is 4.68 Å². The Kier molecular flexibility index (Phi) is 8.15. The summed E-state index contributed by atoms with van der Waals surface area (Å²) in [5, 5.41) is 7.93. The molecule has 6 nitrogen and oxygen atoms in total. The van der Waals surface area contributed by atoms with Crippen LogP contribution in [0.5, 0.6) is 0 Å². The number of nitrogens with zero attached hydrogens (tertiary/aromatic N) is 4. The van der Waals surface area contributed by atoms with Crippen LogP contribution in [0.3, 0.4) is 0 Å². The summed E-state index contributed by atoms with van der Waals surface area (Å²) in [5.41, 5.74) is 9.02. The predicted octanol–water partition coefficient (Wildman–Crippen LogP) is 5.02. The van der Waals surface area contributed by atoms with Gasteiger partial charge in [-0.2, -0.15) is 17.7 Å². The molecule has 1 fully saturated rings. The van der Waals surface area contributed by atoms with E-state index in [1.54, 1.807) is 0 Å². The summed E-state index contributed by atoms with van der Waals surface area (Å²) in [7, 11) is 0. The molecule has 0 bridgehead atoms. The van der Waals surface area contributed by atoms with Crippen molar-refractivity contribution >= 4 is 24.2 Å². The Balaban J connectivity index is 1.21. The molecule has 1 N–H and O–H groups in total. The molecule has 196 valence electrons. The highest BCUT2D eigenvalue weighted by Gasteiger charge is 2.21. The molecule has 1 aliphatic heterocycles. The largest absolute Gasteiger partial charge is 0.369 e. The Labute approximate surface area is 230 Å². The van der Waals surface area contributed by atoms with Crippen LogP contribution in [0.25, 0.3) is 16.9 Å². The van der Waals surface area contributed by atoms with E-state index in [2.05, 4.69) is 90.1 Å². The molecule has 0 saturated carbocycles. The Morgan fingerprint density at radius 2 is 1.66 bits per heavy atom. The summed E-state index contributed by atoms with van der Waals surface area (Å²) in [6.45, 7) is 8.73. The quantitative estimate of drug-likeness (QED) is 0.317. The number of hydrogen-bond acceptors (Lipinski definition) is 5. The fourth-order valence-electron chi connectivity index (χ4n) is 4.94. The fourth-order valence-corrected chi connectivity index (χ4v) is 5.15. The molecule has 0 spiro atoms. The third kappa shape index (κ3) is 5.95. The molecular formula is C31H35N5OS. The number of piperazine rings is 1. The van der Waals surface area contributed by atoms with Gasteiger partial charge in [0.15, 0.2) is 0 Å². The third-order valence-electron chi connectivity index (χ3n) is 7.32. The van der Waals surface area contributed by atoms with Crippen molar-refractivity contribution in [1.29, 1.82) is 0 Å². The molecule has 1 aromatic heterocycles. The monoisotopic (exact) mass is 525 g/mol. The Hall–Kier alpha value is -3.55. The van der Waals surface area contributed by atoms with Crippen molar-refractivity contribution in [3.05, 3.63) is 101 Å². The molecule has 0 aliphatic carbocycles. The first kappa shape index (κ1) is 26.1. The van der Waals surface area contributed by atoms with Crippen molar-refractivity contribution in [3.63, 3.8) is 0 Å². The topological polar surface area (TPSA) is 53.4 Å². The van der Waals surface area contributed by atoms with Crippen molar-refractivity contribution in [1.82, 2.24) is 20.0 Å². The van der Waals surface area contributed by atoms with Crippen molar-refractivity contribution in [3.8, 4) is 16.9 Å². The Bertz CT molecular complexity index is 1380. The van der Waals surface area contributed by atoms with Gasteiger partial charge >= 0.3 is 0 Å². The number of thiol groups is 1. The van der Waals surface area contributed by atoms with Crippen LogP contribution < -0.4 is 10.2 Å². The van der Waals surface area contributed by atoms with Gasteiger partial charge in [0.2, 0.25) is 5.91 Å². The average Bonchev–Trinajstić information content (AvgIpc) is 3.39. The van der Waals surface area contributed by atoms with Crippen LogP contribution in [0.1, 0.15) is 22.4 Å². The number of benzene rings is 3. The normalized spacial score (nSPS) is 14.0. The van der Waals surface area contributed by atoms with Gasteiger partial charge in [0.05, 0.1) is 30.2 Å². The number of amides is 1. The molecule has 1 saturated heterocycles. The lowest BCUT2D eigenvalue weighted by atomic mass is 10.1. The van der Waals surface area contributed by atoms with Crippen LogP contribution in [0.2, 0.25) is 0 Å². The lowest BCUT2D eigenvalue weighted by Gasteiger charge is -2.36. The molecule has 4 aromatic rings. The van der Waals surface area contributed by atoms with Crippen LogP contribution in [0, 0.1) is 13.8 Å². The van der Waals surface area contributed by atoms with E-state index in [4.69, 9.17) is 5.10 Å². The van der Waals surface area contributed by atoms with Crippen LogP contribution >= 0.6 is 12.6 Å². The van der Waals surface area contributed by atoms with Gasteiger partial charge in [-0.1, -0.05) is 54.6 Å². The van der Waals surface area contributed by atoms with Gasteiger partial charge in [0.1, 0.15) is 0 Å². The fraction of sp³-hybridized carbons (Fsp3) is 0.290. The maximum atomic E-state index is 12.8. The molecule has 0 atom stereocenters. The zero-order valence-electron chi connectivity index (χ0n) is 22.1. The second-order valence-electron chi connectivity index (χ2n) is 9.88. The van der Waals surface area contributed by atoms with Crippen LogP contribution in [0.4, 0.5) is 5.69 Å². The lowest BCUT2D eigenvalue weighted by Crippen LogP contribution is -2.49. The van der Waals surface area contributed by atoms with Gasteiger partial charge < -0.3 is 10.2 Å². The number of aromatic nitrogens is 2. The van der Waals surface area contributed by atoms with E-state index < -0.39 is 0 Å². The molecule has 0 unspecified atom stereocenters. The maximum Gasteiger partial charge on any atom is 0.234 e. The van der Waals surface area contributed by atoms with Gasteiger partial charge in [-0.3, -0.25) is 9.69 Å². The average molecular weight is 526 g/mol. The van der Waals surface area contributed by atoms with E-state index in [-0.39, 0.29) is 5.91 Å². The summed E-state index contributed by atoms with van der Waals surface area (Å²) in [5.74, 6) is 0.731. The highest BCUT2D eigenvalue weighted by molar-refractivity contribution is 7.79. The van der Waals surface area contributed by atoms with Crippen LogP contribution in [-0.4, -0.2) is 53.3 Å².